The quantitative estimate of drug-likeness (QED) is 0.699. The average molecular weight is 206 g/mol. The third-order valence-electron chi connectivity index (χ3n) is 1.84. The van der Waals surface area contributed by atoms with Gasteiger partial charge in [0.05, 0.1) is 25.4 Å². The monoisotopic (exact) mass is 205 g/mol. The highest BCUT2D eigenvalue weighted by atomic mass is 35.5. The number of hydrogen-bond donors (Lipinski definition) is 1. The average Bonchev–Trinajstić information content (AvgIpc) is 2.13. The SMILES string of the molecule is CC1CNCC(COC/C=C/Cl)O1. The molecule has 0 aromatic heterocycles. The Hall–Kier alpha value is -0.0900. The van der Waals surface area contributed by atoms with E-state index in [2.05, 4.69) is 12.2 Å². The molecule has 1 N–H and O–H groups in total. The van der Waals surface area contributed by atoms with Crippen LogP contribution in [-0.4, -0.2) is 38.5 Å². The van der Waals surface area contributed by atoms with Crippen LogP contribution in [0.2, 0.25) is 0 Å². The maximum Gasteiger partial charge on any atom is 0.0936 e. The first-order valence-corrected chi connectivity index (χ1v) is 4.95. The maximum absolute atomic E-state index is 5.62. The van der Waals surface area contributed by atoms with Crippen LogP contribution >= 0.6 is 11.6 Å². The molecule has 1 aliphatic rings. The minimum absolute atomic E-state index is 0.174. The molecule has 2 atom stereocenters. The molecule has 0 bridgehead atoms. The zero-order valence-electron chi connectivity index (χ0n) is 7.83. The smallest absolute Gasteiger partial charge is 0.0936 e. The number of morpholine rings is 1. The summed E-state index contributed by atoms with van der Waals surface area (Å²) < 4.78 is 10.9. The third kappa shape index (κ3) is 4.62. The van der Waals surface area contributed by atoms with Gasteiger partial charge in [-0.15, -0.1) is 0 Å². The van der Waals surface area contributed by atoms with E-state index in [1.54, 1.807) is 6.08 Å². The lowest BCUT2D eigenvalue weighted by Gasteiger charge is -2.28. The van der Waals surface area contributed by atoms with Crippen molar-refractivity contribution in [1.82, 2.24) is 5.32 Å². The highest BCUT2D eigenvalue weighted by Gasteiger charge is 2.18. The first-order chi connectivity index (χ1) is 6.33. The van der Waals surface area contributed by atoms with Crippen LogP contribution in [0.5, 0.6) is 0 Å². The molecule has 1 fully saturated rings. The van der Waals surface area contributed by atoms with E-state index in [0.717, 1.165) is 13.1 Å². The van der Waals surface area contributed by atoms with Gasteiger partial charge in [-0.1, -0.05) is 11.6 Å². The Labute approximate surface area is 84.0 Å². The topological polar surface area (TPSA) is 30.5 Å². The fraction of sp³-hybridized carbons (Fsp3) is 0.778. The second-order valence-corrected chi connectivity index (χ2v) is 3.38. The molecule has 4 heteroatoms. The fourth-order valence-corrected chi connectivity index (χ4v) is 1.35. The zero-order chi connectivity index (χ0) is 9.52. The van der Waals surface area contributed by atoms with Crippen LogP contribution in [-0.2, 0) is 9.47 Å². The Kier molecular flexibility index (Phi) is 5.39. The number of nitrogens with one attached hydrogen (secondary N) is 1. The molecule has 0 radical (unpaired) electrons. The van der Waals surface area contributed by atoms with Crippen molar-refractivity contribution in [3.05, 3.63) is 11.6 Å². The lowest BCUT2D eigenvalue weighted by Crippen LogP contribution is -2.45. The second-order valence-electron chi connectivity index (χ2n) is 3.13. The van der Waals surface area contributed by atoms with E-state index in [9.17, 15) is 0 Å². The molecule has 0 amide bonds. The maximum atomic E-state index is 5.62. The van der Waals surface area contributed by atoms with Gasteiger partial charge < -0.3 is 14.8 Å². The summed E-state index contributed by atoms with van der Waals surface area (Å²) in [6, 6.07) is 0. The molecule has 76 valence electrons. The summed E-state index contributed by atoms with van der Waals surface area (Å²) in [6.45, 7) is 5.03. The van der Waals surface area contributed by atoms with E-state index in [4.69, 9.17) is 21.1 Å². The molecule has 1 rings (SSSR count). The first-order valence-electron chi connectivity index (χ1n) is 4.52. The largest absolute Gasteiger partial charge is 0.375 e. The lowest BCUT2D eigenvalue weighted by molar-refractivity contribution is -0.0648. The highest BCUT2D eigenvalue weighted by molar-refractivity contribution is 6.25. The molecule has 3 nitrogen and oxygen atoms in total. The van der Waals surface area contributed by atoms with Gasteiger partial charge in [-0.05, 0) is 13.0 Å². The van der Waals surface area contributed by atoms with Gasteiger partial charge in [-0.3, -0.25) is 0 Å². The normalized spacial score (nSPS) is 29.7. The van der Waals surface area contributed by atoms with Crippen molar-refractivity contribution in [2.75, 3.05) is 26.3 Å². The van der Waals surface area contributed by atoms with E-state index in [0.29, 0.717) is 13.2 Å². The lowest BCUT2D eigenvalue weighted by atomic mass is 10.2. The predicted molar refractivity (Wildman–Crippen MR) is 53.0 cm³/mol. The van der Waals surface area contributed by atoms with Crippen molar-refractivity contribution >= 4 is 11.6 Å². The Morgan fingerprint density at radius 3 is 3.15 bits per heavy atom. The summed E-state index contributed by atoms with van der Waals surface area (Å²) in [7, 11) is 0. The van der Waals surface area contributed by atoms with Gasteiger partial charge in [0.15, 0.2) is 0 Å². The van der Waals surface area contributed by atoms with Crippen LogP contribution in [0.3, 0.4) is 0 Å². The highest BCUT2D eigenvalue weighted by Crippen LogP contribution is 2.03. The number of rotatable bonds is 4. The third-order valence-corrected chi connectivity index (χ3v) is 2.01. The van der Waals surface area contributed by atoms with Gasteiger partial charge in [0.1, 0.15) is 0 Å². The molecule has 0 aromatic carbocycles. The van der Waals surface area contributed by atoms with Crippen molar-refractivity contribution in [1.29, 1.82) is 0 Å². The summed E-state index contributed by atoms with van der Waals surface area (Å²) in [4.78, 5) is 0. The van der Waals surface area contributed by atoms with E-state index < -0.39 is 0 Å². The van der Waals surface area contributed by atoms with Crippen molar-refractivity contribution < 1.29 is 9.47 Å². The summed E-state index contributed by atoms with van der Waals surface area (Å²) >= 11 is 5.34. The molecular weight excluding hydrogens is 190 g/mol. The van der Waals surface area contributed by atoms with Crippen molar-refractivity contribution in [2.24, 2.45) is 0 Å². The minimum atomic E-state index is 0.174. The van der Waals surface area contributed by atoms with E-state index >= 15 is 0 Å². The predicted octanol–water partition coefficient (Wildman–Crippen LogP) is 1.13. The molecule has 0 aliphatic carbocycles. The molecule has 1 saturated heterocycles. The summed E-state index contributed by atoms with van der Waals surface area (Å²) in [5.41, 5.74) is 1.46. The van der Waals surface area contributed by atoms with Crippen LogP contribution in [0.25, 0.3) is 0 Å². The van der Waals surface area contributed by atoms with Crippen molar-refractivity contribution in [3.8, 4) is 0 Å². The van der Waals surface area contributed by atoms with E-state index in [1.807, 2.05) is 0 Å². The fourth-order valence-electron chi connectivity index (χ4n) is 1.27. The number of hydrogen-bond acceptors (Lipinski definition) is 3. The van der Waals surface area contributed by atoms with Crippen LogP contribution in [0.4, 0.5) is 0 Å². The summed E-state index contributed by atoms with van der Waals surface area (Å²) in [5.74, 6) is 0. The van der Waals surface area contributed by atoms with Gasteiger partial charge in [-0.25, -0.2) is 0 Å². The van der Waals surface area contributed by atoms with Crippen LogP contribution in [0.1, 0.15) is 6.92 Å². The zero-order valence-corrected chi connectivity index (χ0v) is 8.59. The standard InChI is InChI=1S/C9H16ClNO2/c1-8-5-11-6-9(13-8)7-12-4-2-3-10/h2-3,8-9,11H,4-7H2,1H3/b3-2+. The van der Waals surface area contributed by atoms with Crippen molar-refractivity contribution in [3.63, 3.8) is 0 Å². The molecule has 0 saturated carbocycles. The Morgan fingerprint density at radius 2 is 2.46 bits per heavy atom. The Balaban J connectivity index is 2.06. The van der Waals surface area contributed by atoms with Crippen LogP contribution < -0.4 is 5.32 Å². The summed E-state index contributed by atoms with van der Waals surface area (Å²) in [5, 5.41) is 3.28. The molecule has 0 aromatic rings. The van der Waals surface area contributed by atoms with Gasteiger partial charge in [0.25, 0.3) is 0 Å². The van der Waals surface area contributed by atoms with Crippen LogP contribution in [0.15, 0.2) is 11.6 Å². The number of halogens is 1. The van der Waals surface area contributed by atoms with Crippen molar-refractivity contribution in [2.45, 2.75) is 19.1 Å². The Bertz CT molecular complexity index is 164. The van der Waals surface area contributed by atoms with Gasteiger partial charge in [0.2, 0.25) is 0 Å². The molecule has 13 heavy (non-hydrogen) atoms. The van der Waals surface area contributed by atoms with E-state index in [-0.39, 0.29) is 12.2 Å². The van der Waals surface area contributed by atoms with E-state index in [1.165, 1.54) is 5.54 Å². The molecular formula is C9H16ClNO2. The molecule has 1 aliphatic heterocycles. The summed E-state index contributed by atoms with van der Waals surface area (Å²) in [6.07, 6.45) is 2.22. The molecule has 2 unspecified atom stereocenters. The minimum Gasteiger partial charge on any atom is -0.375 e. The second kappa shape index (κ2) is 6.38. The molecule has 1 heterocycles. The first kappa shape index (κ1) is 11.0. The Morgan fingerprint density at radius 1 is 1.62 bits per heavy atom. The number of ether oxygens (including phenoxy) is 2. The molecule has 0 spiro atoms. The van der Waals surface area contributed by atoms with Crippen LogP contribution in [0, 0.1) is 0 Å². The van der Waals surface area contributed by atoms with Gasteiger partial charge in [0, 0.05) is 18.6 Å². The van der Waals surface area contributed by atoms with Gasteiger partial charge >= 0.3 is 0 Å². The van der Waals surface area contributed by atoms with Gasteiger partial charge in [-0.2, -0.15) is 0 Å².